The van der Waals surface area contributed by atoms with Crippen molar-refractivity contribution in [2.75, 3.05) is 43.4 Å². The van der Waals surface area contributed by atoms with Gasteiger partial charge in [-0.15, -0.1) is 0 Å². The van der Waals surface area contributed by atoms with E-state index in [1.54, 1.807) is 0 Å². The third-order valence-electron chi connectivity index (χ3n) is 10.1. The lowest BCUT2D eigenvalue weighted by atomic mass is 9.91. The zero-order valence-electron chi connectivity index (χ0n) is 28.9. The van der Waals surface area contributed by atoms with E-state index >= 15 is 0 Å². The second-order valence-corrected chi connectivity index (χ2v) is 13.5. The smallest absolute Gasteiger partial charge is 0.451 e. The van der Waals surface area contributed by atoms with Crippen LogP contribution in [0.5, 0.6) is 0 Å². The van der Waals surface area contributed by atoms with Crippen molar-refractivity contribution in [2.45, 2.75) is 68.7 Å². The highest BCUT2D eigenvalue weighted by Gasteiger charge is 2.51. The number of likely N-dealkylation sites (tertiary alicyclic amines) is 1. The summed E-state index contributed by atoms with van der Waals surface area (Å²) in [6.07, 6.45) is -0.646. The van der Waals surface area contributed by atoms with E-state index in [9.17, 15) is 28.2 Å². The molecule has 4 heterocycles. The minimum atomic E-state index is -5.28. The van der Waals surface area contributed by atoms with Gasteiger partial charge in [0.05, 0.1) is 31.2 Å². The number of nitrogens with zero attached hydrogens (tertiary/aromatic N) is 7. The number of fused-ring (bicyclic) bond motifs is 1. The fourth-order valence-electron chi connectivity index (χ4n) is 7.35. The highest BCUT2D eigenvalue weighted by atomic mass is 19.4. The van der Waals surface area contributed by atoms with Crippen LogP contribution in [0.25, 0.3) is 11.2 Å². The molecule has 0 unspecified atom stereocenters. The molecule has 1 aliphatic heterocycles. The van der Waals surface area contributed by atoms with Crippen molar-refractivity contribution >= 4 is 28.9 Å². The topological polar surface area (TPSA) is 155 Å². The van der Waals surface area contributed by atoms with E-state index < -0.39 is 36.4 Å². The minimum Gasteiger partial charge on any atom is -0.451 e. The Morgan fingerprint density at radius 2 is 1.66 bits per heavy atom. The van der Waals surface area contributed by atoms with Crippen molar-refractivity contribution < 1.29 is 32.9 Å². The molecular weight excluding hydrogens is 691 g/mol. The number of nitrogens with one attached hydrogen (secondary N) is 2. The number of carbonyl (C=O) groups excluding carboxylic acids is 1. The average molecular weight is 734 g/mol. The first kappa shape index (κ1) is 36.3. The summed E-state index contributed by atoms with van der Waals surface area (Å²) in [6, 6.07) is 18.2. The normalized spacial score (nSPS) is 20.9. The fourth-order valence-corrected chi connectivity index (χ4v) is 7.35. The predicted octanol–water partition coefficient (Wildman–Crippen LogP) is 4.68. The lowest BCUT2D eigenvalue weighted by Gasteiger charge is -2.26. The van der Waals surface area contributed by atoms with Crippen LogP contribution >= 0.6 is 0 Å². The number of aliphatic hydroxyl groups excluding tert-OH is 2. The molecule has 7 rings (SSSR count). The summed E-state index contributed by atoms with van der Waals surface area (Å²) >= 11 is 0. The van der Waals surface area contributed by atoms with Gasteiger partial charge in [-0.1, -0.05) is 67.1 Å². The van der Waals surface area contributed by atoms with Crippen LogP contribution < -0.4 is 10.6 Å². The number of benzene rings is 2. The molecule has 1 aliphatic carbocycles. The molecule has 2 fully saturated rings. The van der Waals surface area contributed by atoms with Crippen LogP contribution in [0.1, 0.15) is 60.4 Å². The van der Waals surface area contributed by atoms with E-state index in [-0.39, 0.29) is 30.5 Å². The maximum Gasteiger partial charge on any atom is 0.490 e. The van der Waals surface area contributed by atoms with Gasteiger partial charge >= 0.3 is 12.1 Å². The van der Waals surface area contributed by atoms with Crippen LogP contribution in [0.15, 0.2) is 79.4 Å². The first-order valence-electron chi connectivity index (χ1n) is 17.8. The molecule has 16 heteroatoms. The van der Waals surface area contributed by atoms with Gasteiger partial charge in [0.1, 0.15) is 6.10 Å². The average Bonchev–Trinajstić information content (AvgIpc) is 3.90. The quantitative estimate of drug-likeness (QED) is 0.125. The van der Waals surface area contributed by atoms with Crippen molar-refractivity contribution in [1.82, 2.24) is 34.2 Å². The Morgan fingerprint density at radius 3 is 2.30 bits per heavy atom. The number of alkyl halides is 3. The zero-order valence-corrected chi connectivity index (χ0v) is 28.9. The van der Waals surface area contributed by atoms with E-state index in [1.165, 1.54) is 34.4 Å². The van der Waals surface area contributed by atoms with Gasteiger partial charge in [-0.2, -0.15) is 28.2 Å². The molecule has 0 radical (unpaired) electrons. The van der Waals surface area contributed by atoms with Crippen LogP contribution in [0.2, 0.25) is 0 Å². The summed E-state index contributed by atoms with van der Waals surface area (Å²) in [5.74, 6) is -1.79. The molecule has 2 aliphatic rings. The summed E-state index contributed by atoms with van der Waals surface area (Å²) < 4.78 is 48.4. The van der Waals surface area contributed by atoms with Gasteiger partial charge in [-0.3, -0.25) is 4.68 Å². The van der Waals surface area contributed by atoms with E-state index in [2.05, 4.69) is 49.9 Å². The lowest BCUT2D eigenvalue weighted by molar-refractivity contribution is -0.210. The number of rotatable bonds is 13. The van der Waals surface area contributed by atoms with Gasteiger partial charge < -0.3 is 35.1 Å². The molecule has 1 saturated carbocycles. The second kappa shape index (κ2) is 15.9. The highest BCUT2D eigenvalue weighted by Crippen LogP contribution is 2.42. The largest absolute Gasteiger partial charge is 0.490 e. The number of aliphatic hydroxyl groups is 2. The van der Waals surface area contributed by atoms with Crippen LogP contribution in [0, 0.1) is 0 Å². The van der Waals surface area contributed by atoms with Crippen LogP contribution in [-0.2, 0) is 16.1 Å². The third kappa shape index (κ3) is 8.14. The van der Waals surface area contributed by atoms with Gasteiger partial charge in [-0.25, -0.2) is 9.78 Å². The molecule has 4 N–H and O–H groups in total. The van der Waals surface area contributed by atoms with E-state index in [0.29, 0.717) is 30.0 Å². The predicted molar refractivity (Wildman–Crippen MR) is 190 cm³/mol. The van der Waals surface area contributed by atoms with Gasteiger partial charge in [0.25, 0.3) is 0 Å². The molecule has 5 aromatic rings. The molecule has 3 aromatic heterocycles. The number of halogens is 3. The minimum absolute atomic E-state index is 0.0174. The second-order valence-electron chi connectivity index (χ2n) is 13.5. The summed E-state index contributed by atoms with van der Waals surface area (Å²) in [7, 11) is 0. The Kier molecular flexibility index (Phi) is 10.9. The van der Waals surface area contributed by atoms with Crippen molar-refractivity contribution in [3.63, 3.8) is 0 Å². The maximum absolute atomic E-state index is 13.5. The Hall–Kier alpha value is -5.06. The third-order valence-corrected chi connectivity index (χ3v) is 10.1. The number of hydrogen-bond donors (Lipinski definition) is 4. The first-order chi connectivity index (χ1) is 25.7. The number of ether oxygens (including phenoxy) is 1. The molecule has 1 saturated heterocycles. The molecule has 0 spiro atoms. The number of piperidine rings is 1. The van der Waals surface area contributed by atoms with Crippen LogP contribution in [0.3, 0.4) is 0 Å². The Balaban J connectivity index is 1.25. The van der Waals surface area contributed by atoms with Crippen LogP contribution in [0.4, 0.5) is 24.9 Å². The Bertz CT molecular complexity index is 1930. The number of imidazole rings is 1. The van der Waals surface area contributed by atoms with E-state index in [4.69, 9.17) is 14.7 Å². The number of aromatic nitrogens is 6. The number of carbonyl (C=O) groups is 1. The Labute approximate surface area is 303 Å². The maximum atomic E-state index is 13.5. The van der Waals surface area contributed by atoms with Crippen molar-refractivity contribution in [3.8, 4) is 0 Å². The molecule has 280 valence electrons. The molecule has 0 bridgehead atoms. The molecule has 53 heavy (non-hydrogen) atoms. The van der Waals surface area contributed by atoms with E-state index in [0.717, 1.165) is 43.6 Å². The summed E-state index contributed by atoms with van der Waals surface area (Å²) in [5.41, 5.74) is 3.26. The molecule has 4 atom stereocenters. The van der Waals surface area contributed by atoms with Crippen molar-refractivity contribution in [1.29, 1.82) is 0 Å². The van der Waals surface area contributed by atoms with Crippen LogP contribution in [-0.4, -0.2) is 101 Å². The van der Waals surface area contributed by atoms with E-state index in [1.807, 2.05) is 36.4 Å². The summed E-state index contributed by atoms with van der Waals surface area (Å²) in [5, 5.41) is 32.0. The number of anilines is 2. The first-order valence-corrected chi connectivity index (χ1v) is 17.8. The monoisotopic (exact) mass is 733 g/mol. The number of esters is 1. The summed E-state index contributed by atoms with van der Waals surface area (Å²) in [4.78, 5) is 28.8. The lowest BCUT2D eigenvalue weighted by Crippen LogP contribution is -2.39. The SMILES string of the molecule is O=C(O[C@@H]1[C@H](O)[C@@H](n2cc(CO)cn2)C[C@H]1n1cnc2c(NCC(c3ccccc3)c3ccccc3)nc(NCCN3CCCCC3)nc21)C(F)(F)F. The molecular formula is C37H42F3N9O4. The highest BCUT2D eigenvalue weighted by molar-refractivity contribution is 5.84. The van der Waals surface area contributed by atoms with Crippen molar-refractivity contribution in [3.05, 3.63) is 96.1 Å². The van der Waals surface area contributed by atoms with Gasteiger partial charge in [0, 0.05) is 37.3 Å². The van der Waals surface area contributed by atoms with Gasteiger partial charge in [-0.05, 0) is 43.5 Å². The van der Waals surface area contributed by atoms with Gasteiger partial charge in [0.15, 0.2) is 23.1 Å². The standard InChI is InChI=1S/C37H42F3N9O4/c38-37(39,40)35(52)53-32-29(18-28(31(32)51)49-21-24(22-50)19-44-49)48-23-43-30-33(45-36(46-34(30)48)41-14-17-47-15-8-3-9-16-47)42-20-27(25-10-4-1-5-11-25)26-12-6-2-7-13-26/h1-2,4-7,10-13,19,21,23,27-29,31-32,50-51H,3,8-9,14-18,20,22H2,(H2,41,42,45,46)/t28-,29+,31+,32-/m0/s1. The number of hydrogen-bond acceptors (Lipinski definition) is 11. The summed E-state index contributed by atoms with van der Waals surface area (Å²) in [6.45, 7) is 3.47. The van der Waals surface area contributed by atoms with Gasteiger partial charge in [0.2, 0.25) is 5.95 Å². The fraction of sp³-hybridized carbons (Fsp3) is 0.432. The molecule has 2 aromatic carbocycles. The molecule has 0 amide bonds. The Morgan fingerprint density at radius 1 is 0.962 bits per heavy atom. The van der Waals surface area contributed by atoms with Crippen molar-refractivity contribution in [2.24, 2.45) is 0 Å². The molecule has 13 nitrogen and oxygen atoms in total. The zero-order chi connectivity index (χ0) is 37.0.